The molecule has 1 saturated heterocycles. The zero-order valence-corrected chi connectivity index (χ0v) is 9.46. The first-order valence-electron chi connectivity index (χ1n) is 5.70. The molecule has 6 nitrogen and oxygen atoms in total. The Morgan fingerprint density at radius 2 is 2.53 bits per heavy atom. The SMILES string of the molecule is O=[N+]([O-])c1cccnc1OCC1CCCNC1. The van der Waals surface area contributed by atoms with Gasteiger partial charge in [-0.1, -0.05) is 0 Å². The molecule has 1 aromatic heterocycles. The molecule has 6 heteroatoms. The number of rotatable bonds is 4. The number of nitrogens with one attached hydrogen (secondary N) is 1. The minimum Gasteiger partial charge on any atom is -0.472 e. The molecule has 0 aromatic carbocycles. The Morgan fingerprint density at radius 1 is 1.65 bits per heavy atom. The topological polar surface area (TPSA) is 77.3 Å². The molecule has 1 fully saturated rings. The molecule has 17 heavy (non-hydrogen) atoms. The zero-order chi connectivity index (χ0) is 12.1. The third-order valence-electron chi connectivity index (χ3n) is 2.80. The maximum atomic E-state index is 10.7. The number of hydrogen-bond donors (Lipinski definition) is 1. The molecule has 0 spiro atoms. The van der Waals surface area contributed by atoms with Crippen LogP contribution >= 0.6 is 0 Å². The van der Waals surface area contributed by atoms with Crippen LogP contribution in [0.4, 0.5) is 5.69 Å². The molecule has 0 aliphatic carbocycles. The van der Waals surface area contributed by atoms with E-state index in [0.29, 0.717) is 12.5 Å². The van der Waals surface area contributed by atoms with Gasteiger partial charge < -0.3 is 10.1 Å². The second kappa shape index (κ2) is 5.58. The highest BCUT2D eigenvalue weighted by Crippen LogP contribution is 2.23. The van der Waals surface area contributed by atoms with E-state index in [1.807, 2.05) is 0 Å². The van der Waals surface area contributed by atoms with Crippen LogP contribution in [0.2, 0.25) is 0 Å². The fraction of sp³-hybridized carbons (Fsp3) is 0.545. The van der Waals surface area contributed by atoms with Crippen molar-refractivity contribution in [2.45, 2.75) is 12.8 Å². The molecule has 2 rings (SSSR count). The number of nitrogens with zero attached hydrogens (tertiary/aromatic N) is 2. The molecular weight excluding hydrogens is 222 g/mol. The van der Waals surface area contributed by atoms with Gasteiger partial charge in [0.25, 0.3) is 5.88 Å². The van der Waals surface area contributed by atoms with Crippen molar-refractivity contribution in [3.8, 4) is 5.88 Å². The minimum atomic E-state index is -0.471. The Labute approximate surface area is 99.2 Å². The quantitative estimate of drug-likeness (QED) is 0.632. The lowest BCUT2D eigenvalue weighted by atomic mass is 10.0. The van der Waals surface area contributed by atoms with Gasteiger partial charge in [-0.25, -0.2) is 4.98 Å². The van der Waals surface area contributed by atoms with Crippen molar-refractivity contribution < 1.29 is 9.66 Å². The molecule has 0 saturated carbocycles. The molecule has 1 aliphatic heterocycles. The highest BCUT2D eigenvalue weighted by atomic mass is 16.6. The number of nitro groups is 1. The first-order valence-corrected chi connectivity index (χ1v) is 5.70. The van der Waals surface area contributed by atoms with Crippen molar-refractivity contribution in [2.24, 2.45) is 5.92 Å². The van der Waals surface area contributed by atoms with E-state index in [0.717, 1.165) is 25.9 Å². The van der Waals surface area contributed by atoms with Gasteiger partial charge in [-0.15, -0.1) is 0 Å². The van der Waals surface area contributed by atoms with E-state index >= 15 is 0 Å². The monoisotopic (exact) mass is 237 g/mol. The Balaban J connectivity index is 1.96. The normalized spacial score (nSPS) is 19.9. The summed E-state index contributed by atoms with van der Waals surface area (Å²) in [5.41, 5.74) is -0.0729. The highest BCUT2D eigenvalue weighted by molar-refractivity contribution is 5.39. The molecule has 0 bridgehead atoms. The number of aromatic nitrogens is 1. The average Bonchev–Trinajstić information content (AvgIpc) is 2.38. The molecule has 92 valence electrons. The van der Waals surface area contributed by atoms with E-state index in [9.17, 15) is 10.1 Å². The van der Waals surface area contributed by atoms with Crippen LogP contribution in [-0.2, 0) is 0 Å². The predicted molar refractivity (Wildman–Crippen MR) is 62.0 cm³/mol. The van der Waals surface area contributed by atoms with E-state index < -0.39 is 4.92 Å². The summed E-state index contributed by atoms with van der Waals surface area (Å²) < 4.78 is 5.45. The fourth-order valence-corrected chi connectivity index (χ4v) is 1.90. The standard InChI is InChI=1S/C11H15N3O3/c15-14(16)10-4-2-6-13-11(10)17-8-9-3-1-5-12-7-9/h2,4,6,9,12H,1,3,5,7-8H2. The van der Waals surface area contributed by atoms with E-state index in [-0.39, 0.29) is 11.6 Å². The van der Waals surface area contributed by atoms with Crippen molar-refractivity contribution in [1.82, 2.24) is 10.3 Å². The molecule has 1 atom stereocenters. The first kappa shape index (κ1) is 11.8. The second-order valence-corrected chi connectivity index (χ2v) is 4.11. The third-order valence-corrected chi connectivity index (χ3v) is 2.80. The summed E-state index contributed by atoms with van der Waals surface area (Å²) in [4.78, 5) is 14.2. The summed E-state index contributed by atoms with van der Waals surface area (Å²) >= 11 is 0. The molecule has 0 amide bonds. The van der Waals surface area contributed by atoms with Gasteiger partial charge >= 0.3 is 5.69 Å². The lowest BCUT2D eigenvalue weighted by molar-refractivity contribution is -0.386. The number of ether oxygens (including phenoxy) is 1. The Hall–Kier alpha value is -1.69. The Kier molecular flexibility index (Phi) is 3.87. The van der Waals surface area contributed by atoms with Crippen LogP contribution in [0.15, 0.2) is 18.3 Å². The Morgan fingerprint density at radius 3 is 3.24 bits per heavy atom. The van der Waals surface area contributed by atoms with Crippen LogP contribution in [0, 0.1) is 16.0 Å². The molecule has 1 unspecified atom stereocenters. The van der Waals surface area contributed by atoms with Crippen LogP contribution in [0.1, 0.15) is 12.8 Å². The summed E-state index contributed by atoms with van der Waals surface area (Å²) in [6.45, 7) is 2.42. The van der Waals surface area contributed by atoms with Crippen molar-refractivity contribution in [2.75, 3.05) is 19.7 Å². The van der Waals surface area contributed by atoms with E-state index in [1.165, 1.54) is 18.3 Å². The smallest absolute Gasteiger partial charge is 0.330 e. The largest absolute Gasteiger partial charge is 0.472 e. The van der Waals surface area contributed by atoms with Crippen LogP contribution in [0.3, 0.4) is 0 Å². The van der Waals surface area contributed by atoms with Crippen molar-refractivity contribution in [3.05, 3.63) is 28.4 Å². The summed E-state index contributed by atoms with van der Waals surface area (Å²) in [6.07, 6.45) is 3.72. The summed E-state index contributed by atoms with van der Waals surface area (Å²) in [5, 5.41) is 14.0. The molecular formula is C11H15N3O3. The number of piperidine rings is 1. The molecule has 0 radical (unpaired) electrons. The van der Waals surface area contributed by atoms with Crippen LogP contribution in [0.5, 0.6) is 5.88 Å². The van der Waals surface area contributed by atoms with E-state index in [1.54, 1.807) is 0 Å². The van der Waals surface area contributed by atoms with Crippen LogP contribution in [0.25, 0.3) is 0 Å². The second-order valence-electron chi connectivity index (χ2n) is 4.11. The molecule has 2 heterocycles. The van der Waals surface area contributed by atoms with Crippen molar-refractivity contribution >= 4 is 5.69 Å². The average molecular weight is 237 g/mol. The van der Waals surface area contributed by atoms with Crippen LogP contribution < -0.4 is 10.1 Å². The molecule has 1 N–H and O–H groups in total. The van der Waals surface area contributed by atoms with Gasteiger partial charge in [0.05, 0.1) is 11.5 Å². The lowest BCUT2D eigenvalue weighted by Crippen LogP contribution is -2.33. The van der Waals surface area contributed by atoms with Gasteiger partial charge in [-0.3, -0.25) is 10.1 Å². The van der Waals surface area contributed by atoms with E-state index in [2.05, 4.69) is 10.3 Å². The highest BCUT2D eigenvalue weighted by Gasteiger charge is 2.18. The summed E-state index contributed by atoms with van der Waals surface area (Å²) in [5.74, 6) is 0.522. The third kappa shape index (κ3) is 3.13. The van der Waals surface area contributed by atoms with Gasteiger partial charge in [0.2, 0.25) is 0 Å². The summed E-state index contributed by atoms with van der Waals surface area (Å²) in [6, 6.07) is 2.94. The van der Waals surface area contributed by atoms with Gasteiger partial charge in [-0.2, -0.15) is 0 Å². The first-order chi connectivity index (χ1) is 8.27. The zero-order valence-electron chi connectivity index (χ0n) is 9.46. The van der Waals surface area contributed by atoms with Crippen molar-refractivity contribution in [1.29, 1.82) is 0 Å². The fourth-order valence-electron chi connectivity index (χ4n) is 1.90. The van der Waals surface area contributed by atoms with Crippen LogP contribution in [-0.4, -0.2) is 29.6 Å². The van der Waals surface area contributed by atoms with Gasteiger partial charge in [0.1, 0.15) is 0 Å². The molecule has 1 aliphatic rings. The van der Waals surface area contributed by atoms with Gasteiger partial charge in [0, 0.05) is 24.7 Å². The minimum absolute atomic E-state index is 0.0729. The summed E-state index contributed by atoms with van der Waals surface area (Å²) in [7, 11) is 0. The number of hydrogen-bond acceptors (Lipinski definition) is 5. The van der Waals surface area contributed by atoms with Crippen molar-refractivity contribution in [3.63, 3.8) is 0 Å². The van der Waals surface area contributed by atoms with Gasteiger partial charge in [0.15, 0.2) is 0 Å². The maximum Gasteiger partial charge on any atom is 0.330 e. The predicted octanol–water partition coefficient (Wildman–Crippen LogP) is 1.37. The number of pyridine rings is 1. The van der Waals surface area contributed by atoms with Gasteiger partial charge in [-0.05, 0) is 25.5 Å². The lowest BCUT2D eigenvalue weighted by Gasteiger charge is -2.22. The van der Waals surface area contributed by atoms with E-state index in [4.69, 9.17) is 4.74 Å². The molecule has 1 aromatic rings. The maximum absolute atomic E-state index is 10.7. The Bertz CT molecular complexity index is 391.